The summed E-state index contributed by atoms with van der Waals surface area (Å²) >= 11 is 0. The Morgan fingerprint density at radius 1 is 1.47 bits per heavy atom. The Hall–Kier alpha value is -1.88. The van der Waals surface area contributed by atoms with Crippen molar-refractivity contribution < 1.29 is 5.11 Å². The highest BCUT2D eigenvalue weighted by Crippen LogP contribution is 2.33. The first kappa shape index (κ1) is 12.2. The van der Waals surface area contributed by atoms with E-state index in [1.807, 2.05) is 12.1 Å². The lowest BCUT2D eigenvalue weighted by Gasteiger charge is -2.28. The smallest absolute Gasteiger partial charge is 0.141 e. The van der Waals surface area contributed by atoms with E-state index in [9.17, 15) is 5.11 Å². The normalized spacial score (nSPS) is 19.9. The van der Waals surface area contributed by atoms with Gasteiger partial charge in [-0.1, -0.05) is 6.07 Å². The number of aryl methyl sites for hydroxylation is 1. The summed E-state index contributed by atoms with van der Waals surface area (Å²) in [7, 11) is 0. The average Bonchev–Trinajstić information content (AvgIpc) is 2.92. The van der Waals surface area contributed by atoms with Crippen LogP contribution in [-0.4, -0.2) is 20.3 Å². The summed E-state index contributed by atoms with van der Waals surface area (Å²) in [6, 6.07) is 6.10. The number of nitrogens with zero attached hydrogens (tertiary/aromatic N) is 2. The highest BCUT2D eigenvalue weighted by Gasteiger charge is 2.22. The molecule has 2 aromatic rings. The molecule has 5 heteroatoms. The van der Waals surface area contributed by atoms with Crippen molar-refractivity contribution in [3.05, 3.63) is 41.5 Å². The summed E-state index contributed by atoms with van der Waals surface area (Å²) in [4.78, 5) is 4.18. The van der Waals surface area contributed by atoms with Crippen molar-refractivity contribution in [2.24, 2.45) is 0 Å². The van der Waals surface area contributed by atoms with E-state index in [1.54, 1.807) is 6.07 Å². The van der Waals surface area contributed by atoms with Crippen LogP contribution < -0.4 is 5.32 Å². The minimum atomic E-state index is 0.132. The summed E-state index contributed by atoms with van der Waals surface area (Å²) in [6.07, 6.45) is 4.81. The van der Waals surface area contributed by atoms with Crippen molar-refractivity contribution in [3.63, 3.8) is 0 Å². The van der Waals surface area contributed by atoms with E-state index in [1.165, 1.54) is 17.5 Å². The number of phenols is 1. The number of rotatable bonds is 3. The van der Waals surface area contributed by atoms with Crippen molar-refractivity contribution in [3.8, 4) is 5.75 Å². The maximum Gasteiger partial charge on any atom is 0.141 e. The van der Waals surface area contributed by atoms with E-state index in [4.69, 9.17) is 0 Å². The molecule has 0 spiro atoms. The second-order valence-corrected chi connectivity index (χ2v) is 5.09. The van der Waals surface area contributed by atoms with Crippen LogP contribution in [0.2, 0.25) is 0 Å². The number of fused-ring (bicyclic) bond motifs is 1. The second kappa shape index (κ2) is 5.01. The standard InChI is InChI=1S/C14H18N4O/c1-9(14-15-8-16-18-14)17-13-4-2-3-10-7-11(19)5-6-12(10)13/h5-9,13,17,19H,2-4H2,1H3,(H,15,16,18). The van der Waals surface area contributed by atoms with Gasteiger partial charge in [-0.15, -0.1) is 0 Å². The first-order valence-electron chi connectivity index (χ1n) is 6.67. The highest BCUT2D eigenvalue weighted by molar-refractivity contribution is 5.38. The number of benzene rings is 1. The number of nitrogens with one attached hydrogen (secondary N) is 2. The third-order valence-electron chi connectivity index (χ3n) is 3.74. The van der Waals surface area contributed by atoms with Gasteiger partial charge in [0.15, 0.2) is 0 Å². The molecule has 1 heterocycles. The fourth-order valence-electron chi connectivity index (χ4n) is 2.78. The maximum atomic E-state index is 9.56. The molecule has 1 aromatic heterocycles. The number of aromatic nitrogens is 3. The van der Waals surface area contributed by atoms with Gasteiger partial charge in [0.25, 0.3) is 0 Å². The van der Waals surface area contributed by atoms with Crippen molar-refractivity contribution in [2.45, 2.75) is 38.3 Å². The molecule has 2 atom stereocenters. The monoisotopic (exact) mass is 258 g/mol. The van der Waals surface area contributed by atoms with Crippen LogP contribution in [0.3, 0.4) is 0 Å². The van der Waals surface area contributed by atoms with E-state index >= 15 is 0 Å². The third kappa shape index (κ3) is 2.46. The largest absolute Gasteiger partial charge is 0.508 e. The van der Waals surface area contributed by atoms with Gasteiger partial charge < -0.3 is 10.4 Å². The van der Waals surface area contributed by atoms with Gasteiger partial charge >= 0.3 is 0 Å². The number of aromatic hydroxyl groups is 1. The van der Waals surface area contributed by atoms with Gasteiger partial charge in [-0.05, 0) is 49.4 Å². The molecule has 3 N–H and O–H groups in total. The lowest BCUT2D eigenvalue weighted by Crippen LogP contribution is -2.28. The predicted octanol–water partition coefficient (Wildman–Crippen LogP) is 2.24. The van der Waals surface area contributed by atoms with Crippen molar-refractivity contribution in [1.29, 1.82) is 0 Å². The van der Waals surface area contributed by atoms with E-state index < -0.39 is 0 Å². The Kier molecular flexibility index (Phi) is 3.21. The number of aromatic amines is 1. The van der Waals surface area contributed by atoms with Gasteiger partial charge in [0, 0.05) is 6.04 Å². The molecule has 1 aliphatic rings. The fraction of sp³-hybridized carbons (Fsp3) is 0.429. The Morgan fingerprint density at radius 2 is 2.37 bits per heavy atom. The van der Waals surface area contributed by atoms with Crippen LogP contribution in [0.1, 0.15) is 48.8 Å². The minimum Gasteiger partial charge on any atom is -0.508 e. The van der Waals surface area contributed by atoms with Crippen molar-refractivity contribution in [1.82, 2.24) is 20.5 Å². The number of hydrogen-bond donors (Lipinski definition) is 3. The van der Waals surface area contributed by atoms with Gasteiger partial charge in [-0.25, -0.2) is 4.98 Å². The lowest BCUT2D eigenvalue weighted by atomic mass is 9.87. The molecule has 0 radical (unpaired) electrons. The van der Waals surface area contributed by atoms with Gasteiger partial charge in [0.2, 0.25) is 0 Å². The zero-order valence-electron chi connectivity index (χ0n) is 10.9. The van der Waals surface area contributed by atoms with E-state index in [2.05, 4.69) is 27.4 Å². The Labute approximate surface area is 112 Å². The molecule has 0 aliphatic heterocycles. The minimum absolute atomic E-state index is 0.132. The topological polar surface area (TPSA) is 73.8 Å². The molecule has 0 saturated carbocycles. The second-order valence-electron chi connectivity index (χ2n) is 5.09. The van der Waals surface area contributed by atoms with Gasteiger partial charge in [-0.2, -0.15) is 5.10 Å². The maximum absolute atomic E-state index is 9.56. The van der Waals surface area contributed by atoms with E-state index in [0.29, 0.717) is 11.8 Å². The first-order valence-corrected chi connectivity index (χ1v) is 6.67. The predicted molar refractivity (Wildman–Crippen MR) is 71.7 cm³/mol. The number of hydrogen-bond acceptors (Lipinski definition) is 4. The summed E-state index contributed by atoms with van der Waals surface area (Å²) in [5.74, 6) is 1.20. The molecule has 0 saturated heterocycles. The summed E-state index contributed by atoms with van der Waals surface area (Å²) in [5.41, 5.74) is 2.53. The molecule has 0 amide bonds. The fourth-order valence-corrected chi connectivity index (χ4v) is 2.78. The molecule has 1 aromatic carbocycles. The molecule has 5 nitrogen and oxygen atoms in total. The van der Waals surface area contributed by atoms with Gasteiger partial charge in [-0.3, -0.25) is 5.10 Å². The highest BCUT2D eigenvalue weighted by atomic mass is 16.3. The van der Waals surface area contributed by atoms with Gasteiger partial charge in [0.05, 0.1) is 6.04 Å². The summed E-state index contributed by atoms with van der Waals surface area (Å²) < 4.78 is 0. The third-order valence-corrected chi connectivity index (χ3v) is 3.74. The molecular weight excluding hydrogens is 240 g/mol. The molecule has 0 bridgehead atoms. The lowest BCUT2D eigenvalue weighted by molar-refractivity contribution is 0.404. The van der Waals surface area contributed by atoms with E-state index in [0.717, 1.165) is 25.1 Å². The quantitative estimate of drug-likeness (QED) is 0.789. The van der Waals surface area contributed by atoms with Crippen LogP contribution in [0, 0.1) is 0 Å². The van der Waals surface area contributed by atoms with Crippen LogP contribution in [-0.2, 0) is 6.42 Å². The molecule has 0 fully saturated rings. The number of H-pyrrole nitrogens is 1. The van der Waals surface area contributed by atoms with Crippen LogP contribution in [0.25, 0.3) is 0 Å². The van der Waals surface area contributed by atoms with Crippen LogP contribution in [0.15, 0.2) is 24.5 Å². The average molecular weight is 258 g/mol. The molecule has 19 heavy (non-hydrogen) atoms. The van der Waals surface area contributed by atoms with E-state index in [-0.39, 0.29) is 6.04 Å². The van der Waals surface area contributed by atoms with Crippen molar-refractivity contribution >= 4 is 0 Å². The zero-order valence-corrected chi connectivity index (χ0v) is 10.9. The van der Waals surface area contributed by atoms with Crippen molar-refractivity contribution in [2.75, 3.05) is 0 Å². The first-order chi connectivity index (χ1) is 9.24. The Bertz CT molecular complexity index is 553. The summed E-state index contributed by atoms with van der Waals surface area (Å²) in [6.45, 7) is 2.08. The summed E-state index contributed by atoms with van der Waals surface area (Å²) in [5, 5.41) is 19.9. The van der Waals surface area contributed by atoms with Crippen LogP contribution in [0.4, 0.5) is 0 Å². The molecule has 2 unspecified atom stereocenters. The molecular formula is C14H18N4O. The molecule has 3 rings (SSSR count). The Morgan fingerprint density at radius 3 is 3.16 bits per heavy atom. The van der Waals surface area contributed by atoms with Gasteiger partial charge in [0.1, 0.15) is 17.9 Å². The molecule has 100 valence electrons. The van der Waals surface area contributed by atoms with Crippen LogP contribution >= 0.6 is 0 Å². The SMILES string of the molecule is CC(NC1CCCc2cc(O)ccc21)c1ncn[nH]1. The number of phenolic OH excluding ortho intramolecular Hbond substituents is 1. The van der Waals surface area contributed by atoms with Crippen LogP contribution in [0.5, 0.6) is 5.75 Å². The Balaban J connectivity index is 1.80. The molecule has 1 aliphatic carbocycles. The zero-order chi connectivity index (χ0) is 13.2.